The van der Waals surface area contributed by atoms with Gasteiger partial charge < -0.3 is 33.8 Å². The van der Waals surface area contributed by atoms with Gasteiger partial charge in [0.15, 0.2) is 12.2 Å². The van der Waals surface area contributed by atoms with Gasteiger partial charge in [0.2, 0.25) is 0 Å². The van der Waals surface area contributed by atoms with Crippen molar-refractivity contribution in [2.75, 3.05) is 39.6 Å². The number of hydrogen-bond donors (Lipinski definition) is 3. The van der Waals surface area contributed by atoms with E-state index in [4.69, 9.17) is 37.0 Å². The van der Waals surface area contributed by atoms with Crippen LogP contribution in [0.1, 0.15) is 446 Å². The molecule has 0 aromatic heterocycles. The van der Waals surface area contributed by atoms with Crippen molar-refractivity contribution in [1.29, 1.82) is 0 Å². The van der Waals surface area contributed by atoms with Crippen molar-refractivity contribution >= 4 is 39.5 Å². The van der Waals surface area contributed by atoms with Crippen LogP contribution in [0.4, 0.5) is 0 Å². The molecule has 0 saturated carbocycles. The molecule has 0 amide bonds. The van der Waals surface area contributed by atoms with Gasteiger partial charge >= 0.3 is 39.5 Å². The van der Waals surface area contributed by atoms with Gasteiger partial charge in [-0.05, 0) is 37.5 Å². The number of aliphatic hydroxyl groups excluding tert-OH is 1. The second-order valence-electron chi connectivity index (χ2n) is 31.2. The Balaban J connectivity index is 5.23. The molecular formula is C84H164O17P2. The molecule has 0 aliphatic carbocycles. The van der Waals surface area contributed by atoms with Crippen molar-refractivity contribution in [2.45, 2.75) is 464 Å². The van der Waals surface area contributed by atoms with E-state index in [9.17, 15) is 43.2 Å². The first kappa shape index (κ1) is 101. The third kappa shape index (κ3) is 78.0. The molecule has 103 heavy (non-hydrogen) atoms. The van der Waals surface area contributed by atoms with Gasteiger partial charge in [-0.3, -0.25) is 37.3 Å². The highest BCUT2D eigenvalue weighted by molar-refractivity contribution is 7.47. The number of phosphoric acid groups is 2. The number of phosphoric ester groups is 2. The van der Waals surface area contributed by atoms with E-state index in [0.29, 0.717) is 31.6 Å². The Bertz CT molecular complexity index is 1980. The molecule has 0 aliphatic rings. The molecule has 2 unspecified atom stereocenters. The summed E-state index contributed by atoms with van der Waals surface area (Å²) in [4.78, 5) is 73.1. The van der Waals surface area contributed by atoms with Crippen LogP contribution < -0.4 is 0 Å². The van der Waals surface area contributed by atoms with Crippen LogP contribution in [0.3, 0.4) is 0 Å². The lowest BCUT2D eigenvalue weighted by Crippen LogP contribution is -2.30. The maximum atomic E-state index is 13.1. The monoisotopic (exact) mass is 1510 g/mol. The lowest BCUT2D eigenvalue weighted by atomic mass is 10.0. The second kappa shape index (κ2) is 75.5. The Labute approximate surface area is 632 Å². The van der Waals surface area contributed by atoms with Gasteiger partial charge in [0.25, 0.3) is 0 Å². The average molecular weight is 1510 g/mol. The van der Waals surface area contributed by atoms with Gasteiger partial charge in [-0.1, -0.05) is 395 Å². The highest BCUT2D eigenvalue weighted by Gasteiger charge is 2.30. The summed E-state index contributed by atoms with van der Waals surface area (Å²) in [6, 6.07) is 0. The Morgan fingerprint density at radius 1 is 0.262 bits per heavy atom. The van der Waals surface area contributed by atoms with Gasteiger partial charge in [-0.15, -0.1) is 0 Å². The zero-order valence-corrected chi connectivity index (χ0v) is 69.4. The number of rotatable bonds is 83. The molecule has 0 rings (SSSR count). The number of carbonyl (C=O) groups is 4. The standard InChI is InChI=1S/C84H164O17P2/c1-7-9-11-13-15-17-19-21-23-25-27-29-34-38-42-48-54-60-66-81(86)94-72-79(100-83(88)68-62-56-49-43-39-35-30-28-26-24-22-20-18-16-14-12-10-8-2)74-98-102(90,91)96-70-78(85)71-97-103(92,93)99-75-80(73-95-82(87)67-61-55-51-45-47-53-59-65-77(5)6)101-84(89)69-63-57-50-44-40-36-32-31-33-37-41-46-52-58-64-76(3)4/h76-80,85H,7-75H2,1-6H3,(H,90,91)(H,92,93)/t78-,79-,80-/m1/s1. The zero-order chi connectivity index (χ0) is 75.6. The van der Waals surface area contributed by atoms with E-state index in [-0.39, 0.29) is 25.7 Å². The molecule has 0 spiro atoms. The molecule has 0 aromatic rings. The summed E-state index contributed by atoms with van der Waals surface area (Å²) in [6.07, 6.45) is 66.7. The van der Waals surface area contributed by atoms with Crippen LogP contribution in [0.25, 0.3) is 0 Å². The molecule has 0 radical (unpaired) electrons. The van der Waals surface area contributed by atoms with Gasteiger partial charge in [0, 0.05) is 25.7 Å². The number of ether oxygens (including phenoxy) is 4. The zero-order valence-electron chi connectivity index (χ0n) is 67.6. The van der Waals surface area contributed by atoms with Gasteiger partial charge in [0.05, 0.1) is 26.4 Å². The molecule has 0 saturated heterocycles. The number of aliphatic hydroxyl groups is 1. The predicted molar refractivity (Wildman–Crippen MR) is 423 cm³/mol. The molecule has 612 valence electrons. The number of hydrogen-bond acceptors (Lipinski definition) is 15. The van der Waals surface area contributed by atoms with Crippen LogP contribution in [0.5, 0.6) is 0 Å². The summed E-state index contributed by atoms with van der Waals surface area (Å²) in [5.74, 6) is -0.605. The molecule has 0 aromatic carbocycles. The van der Waals surface area contributed by atoms with Crippen molar-refractivity contribution in [3.63, 3.8) is 0 Å². The SMILES string of the molecule is CCCCCCCCCCCCCCCCCCCCC(=O)OC[C@H](COP(=O)(O)OC[C@@H](O)COP(=O)(O)OC[C@@H](COC(=O)CCCCCCCCCC(C)C)OC(=O)CCCCCCCCCCCCCCCCC(C)C)OC(=O)CCCCCCCCCCCCCCCCCCCC. The van der Waals surface area contributed by atoms with E-state index in [1.807, 2.05) is 0 Å². The number of unbranched alkanes of at least 4 members (excludes halogenated alkanes) is 53. The first-order valence-corrected chi connectivity index (χ1v) is 46.5. The van der Waals surface area contributed by atoms with Crippen LogP contribution in [0.2, 0.25) is 0 Å². The van der Waals surface area contributed by atoms with E-state index in [2.05, 4.69) is 41.5 Å². The molecule has 19 heteroatoms. The second-order valence-corrected chi connectivity index (χ2v) is 34.1. The van der Waals surface area contributed by atoms with Crippen LogP contribution in [0, 0.1) is 11.8 Å². The minimum absolute atomic E-state index is 0.107. The van der Waals surface area contributed by atoms with Crippen molar-refractivity contribution in [3.8, 4) is 0 Å². The largest absolute Gasteiger partial charge is 0.472 e. The van der Waals surface area contributed by atoms with Crippen molar-refractivity contribution in [1.82, 2.24) is 0 Å². The molecule has 5 atom stereocenters. The fourth-order valence-electron chi connectivity index (χ4n) is 13.1. The Kier molecular flexibility index (Phi) is 74.1. The summed E-state index contributed by atoms with van der Waals surface area (Å²) in [5.41, 5.74) is 0. The first-order chi connectivity index (χ1) is 49.9. The fourth-order valence-corrected chi connectivity index (χ4v) is 14.6. The summed E-state index contributed by atoms with van der Waals surface area (Å²) in [5, 5.41) is 10.7. The predicted octanol–water partition coefficient (Wildman–Crippen LogP) is 25.5. The number of carbonyl (C=O) groups excluding carboxylic acids is 4. The molecule has 17 nitrogen and oxygen atoms in total. The van der Waals surface area contributed by atoms with E-state index >= 15 is 0 Å². The average Bonchev–Trinajstić information content (AvgIpc) is 0.931. The Hall–Kier alpha value is -1.94. The quantitative estimate of drug-likeness (QED) is 0.0222. The lowest BCUT2D eigenvalue weighted by Gasteiger charge is -2.21. The van der Waals surface area contributed by atoms with Crippen LogP contribution in [-0.2, 0) is 65.4 Å². The lowest BCUT2D eigenvalue weighted by molar-refractivity contribution is -0.161. The maximum absolute atomic E-state index is 13.1. The molecule has 0 heterocycles. The summed E-state index contributed by atoms with van der Waals surface area (Å²) in [6.45, 7) is 9.63. The highest BCUT2D eigenvalue weighted by atomic mass is 31.2. The van der Waals surface area contributed by atoms with Gasteiger partial charge in [-0.25, -0.2) is 9.13 Å². The van der Waals surface area contributed by atoms with Gasteiger partial charge in [0.1, 0.15) is 19.3 Å². The van der Waals surface area contributed by atoms with Crippen LogP contribution >= 0.6 is 15.6 Å². The first-order valence-electron chi connectivity index (χ1n) is 43.5. The minimum atomic E-state index is -4.96. The van der Waals surface area contributed by atoms with E-state index in [1.165, 1.54) is 257 Å². The van der Waals surface area contributed by atoms with Crippen LogP contribution in [-0.4, -0.2) is 96.7 Å². The van der Waals surface area contributed by atoms with Gasteiger partial charge in [-0.2, -0.15) is 0 Å². The third-order valence-electron chi connectivity index (χ3n) is 19.7. The van der Waals surface area contributed by atoms with E-state index in [1.54, 1.807) is 0 Å². The molecule has 0 fully saturated rings. The van der Waals surface area contributed by atoms with Crippen molar-refractivity contribution < 1.29 is 80.2 Å². The normalized spacial score (nSPS) is 13.9. The molecule has 3 N–H and O–H groups in total. The summed E-state index contributed by atoms with van der Waals surface area (Å²) >= 11 is 0. The Morgan fingerprint density at radius 3 is 0.660 bits per heavy atom. The Morgan fingerprint density at radius 2 is 0.447 bits per heavy atom. The van der Waals surface area contributed by atoms with Crippen molar-refractivity contribution in [3.05, 3.63) is 0 Å². The van der Waals surface area contributed by atoms with Crippen LogP contribution in [0.15, 0.2) is 0 Å². The summed E-state index contributed by atoms with van der Waals surface area (Å²) < 4.78 is 68.8. The molecular weight excluding hydrogens is 1340 g/mol. The maximum Gasteiger partial charge on any atom is 0.472 e. The molecule has 0 aliphatic heterocycles. The van der Waals surface area contributed by atoms with Crippen molar-refractivity contribution in [2.24, 2.45) is 11.8 Å². The fraction of sp³-hybridized carbons (Fsp3) is 0.952. The minimum Gasteiger partial charge on any atom is -0.462 e. The summed E-state index contributed by atoms with van der Waals surface area (Å²) in [7, 11) is -9.92. The highest BCUT2D eigenvalue weighted by Crippen LogP contribution is 2.45. The third-order valence-corrected chi connectivity index (χ3v) is 21.6. The topological polar surface area (TPSA) is 237 Å². The van der Waals surface area contributed by atoms with E-state index in [0.717, 1.165) is 102 Å². The molecule has 0 bridgehead atoms. The smallest absolute Gasteiger partial charge is 0.462 e. The van der Waals surface area contributed by atoms with E-state index < -0.39 is 97.5 Å². The number of esters is 4.